The number of carboxylic acids is 1. The van der Waals surface area contributed by atoms with Crippen LogP contribution in [0.1, 0.15) is 111 Å². The molecule has 2 aromatic carbocycles. The Labute approximate surface area is 391 Å². The molecule has 0 unspecified atom stereocenters. The van der Waals surface area contributed by atoms with Crippen LogP contribution in [0, 0.1) is 11.8 Å². The number of nitrogen functional groups attached to an aromatic ring is 3. The summed E-state index contributed by atoms with van der Waals surface area (Å²) in [5.41, 5.74) is 27.9. The number of fused-ring (bicyclic) bond motifs is 2. The maximum atomic E-state index is 13.2. The number of carbonyl (C=O) groups is 4. The fourth-order valence-electron chi connectivity index (χ4n) is 8.56. The minimum absolute atomic E-state index is 0. The molecule has 18 heteroatoms. The van der Waals surface area contributed by atoms with Crippen molar-refractivity contribution in [2.45, 2.75) is 89.1 Å². The van der Waals surface area contributed by atoms with E-state index < -0.39 is 23.7 Å². The Morgan fingerprint density at radius 2 is 1.12 bits per heavy atom. The van der Waals surface area contributed by atoms with Crippen molar-refractivity contribution < 1.29 is 43.1 Å². The minimum Gasteiger partial charge on any atom is -0.474 e. The number of likely N-dealkylation sites (tertiary alicyclic amines) is 2. The number of hydrogen-bond donors (Lipinski definition) is 5. The molecule has 2 saturated heterocycles. The van der Waals surface area contributed by atoms with E-state index in [0.717, 1.165) is 81.2 Å². The van der Waals surface area contributed by atoms with Crippen LogP contribution in [0.15, 0.2) is 71.9 Å². The number of benzene rings is 2. The second-order valence-electron chi connectivity index (χ2n) is 17.2. The summed E-state index contributed by atoms with van der Waals surface area (Å²) in [6.45, 7) is 5.20. The van der Waals surface area contributed by atoms with Crippen molar-refractivity contribution in [1.29, 1.82) is 0 Å². The van der Waals surface area contributed by atoms with Gasteiger partial charge in [0.2, 0.25) is 0 Å². The van der Waals surface area contributed by atoms with Crippen LogP contribution in [0.4, 0.5) is 23.0 Å². The number of aromatic nitrogens is 4. The molecule has 10 rings (SSSR count). The molecule has 15 nitrogen and oxygen atoms in total. The zero-order valence-electron chi connectivity index (χ0n) is 36.3. The number of carbonyl (C=O) groups excluding carboxylic acids is 3. The van der Waals surface area contributed by atoms with Crippen LogP contribution in [-0.4, -0.2) is 71.6 Å². The summed E-state index contributed by atoms with van der Waals surface area (Å²) in [5, 5.41) is 11.8. The predicted octanol–water partition coefficient (Wildman–Crippen LogP) is 4.90. The van der Waals surface area contributed by atoms with Gasteiger partial charge in [-0.15, -0.1) is 22.7 Å². The maximum absolute atomic E-state index is 13.2. The number of nitrogens with two attached hydrogens (primary N) is 3. The molecule has 0 bridgehead atoms. The van der Waals surface area contributed by atoms with Gasteiger partial charge in [-0.2, -0.15) is 0 Å². The maximum Gasteiger partial charge on any atom is 1.00 e. The van der Waals surface area contributed by atoms with Crippen LogP contribution in [0.3, 0.4) is 0 Å². The number of carboxylic acid groups (broad SMARTS) is 1. The number of piperidine rings is 2. The van der Waals surface area contributed by atoms with E-state index in [0.29, 0.717) is 59.8 Å². The predicted molar refractivity (Wildman–Crippen MR) is 247 cm³/mol. The molecular weight excluding hydrogens is 844 g/mol. The van der Waals surface area contributed by atoms with E-state index >= 15 is 0 Å². The molecule has 4 aliphatic rings. The summed E-state index contributed by atoms with van der Waals surface area (Å²) < 4.78 is 2.21. The first-order valence-corrected chi connectivity index (χ1v) is 23.2. The smallest absolute Gasteiger partial charge is 0.474 e. The largest absolute Gasteiger partial charge is 1.00 e. The van der Waals surface area contributed by atoms with E-state index in [2.05, 4.69) is 32.2 Å². The second-order valence-corrected chi connectivity index (χ2v) is 19.0. The normalized spacial score (nSPS) is 20.5. The number of hydrogen-bond acceptors (Lipinski definition) is 13. The van der Waals surface area contributed by atoms with E-state index in [4.69, 9.17) is 22.3 Å². The number of rotatable bonds is 5. The summed E-state index contributed by atoms with van der Waals surface area (Å²) in [6, 6.07) is 15.5. The number of amides is 3. The van der Waals surface area contributed by atoms with Gasteiger partial charge >= 0.3 is 42.6 Å². The number of pyridine rings is 2. The van der Waals surface area contributed by atoms with Crippen LogP contribution in [0.25, 0.3) is 20.4 Å². The molecule has 64 heavy (non-hydrogen) atoms. The van der Waals surface area contributed by atoms with Crippen molar-refractivity contribution in [2.75, 3.05) is 35.6 Å². The van der Waals surface area contributed by atoms with Gasteiger partial charge in [0.1, 0.15) is 11.6 Å². The summed E-state index contributed by atoms with van der Waals surface area (Å²) in [7, 11) is 0. The van der Waals surface area contributed by atoms with E-state index in [1.54, 1.807) is 39.3 Å². The third kappa shape index (κ3) is 10.8. The topological polar surface area (TPSA) is 237 Å². The average Bonchev–Trinajstić information content (AvgIpc) is 4.21. The molecule has 2 saturated carbocycles. The molecule has 2 aliphatic carbocycles. The third-order valence-corrected chi connectivity index (χ3v) is 13.8. The van der Waals surface area contributed by atoms with Crippen LogP contribution >= 0.6 is 22.7 Å². The average molecular weight is 896 g/mol. The van der Waals surface area contributed by atoms with Gasteiger partial charge in [0.05, 0.1) is 67.3 Å². The summed E-state index contributed by atoms with van der Waals surface area (Å²) >= 11 is 3.16. The molecule has 4 aromatic heterocycles. The number of nitrogens with one attached hydrogen (secondary N) is 1. The fourth-order valence-corrected chi connectivity index (χ4v) is 9.88. The van der Waals surface area contributed by atoms with Gasteiger partial charge in [0.25, 0.3) is 0 Å². The van der Waals surface area contributed by atoms with Crippen LogP contribution < -0.4 is 41.4 Å². The summed E-state index contributed by atoms with van der Waals surface area (Å²) in [4.78, 5) is 69.2. The van der Waals surface area contributed by atoms with Gasteiger partial charge in [-0.05, 0) is 134 Å². The Morgan fingerprint density at radius 3 is 1.62 bits per heavy atom. The zero-order valence-corrected chi connectivity index (χ0v) is 37.9. The van der Waals surface area contributed by atoms with Gasteiger partial charge in [-0.1, -0.05) is 26.0 Å². The van der Waals surface area contributed by atoms with Gasteiger partial charge in [-0.3, -0.25) is 14.4 Å². The third-order valence-electron chi connectivity index (χ3n) is 12.2. The van der Waals surface area contributed by atoms with Crippen molar-refractivity contribution >= 4 is 89.8 Å². The monoisotopic (exact) mass is 895 g/mol. The van der Waals surface area contributed by atoms with Crippen LogP contribution in [0.2, 0.25) is 0 Å². The van der Waals surface area contributed by atoms with Crippen LogP contribution in [0.5, 0.6) is 0 Å². The van der Waals surface area contributed by atoms with Gasteiger partial charge in [-0.25, -0.2) is 24.7 Å². The summed E-state index contributed by atoms with van der Waals surface area (Å²) in [6.07, 6.45) is 11.4. The Morgan fingerprint density at radius 1 is 0.641 bits per heavy atom. The molecule has 0 radical (unpaired) electrons. The molecule has 4 atom stereocenters. The van der Waals surface area contributed by atoms with E-state index in [9.17, 15) is 19.2 Å². The molecule has 2 aliphatic heterocycles. The molecule has 6 heterocycles. The number of thiazole rings is 2. The Bertz CT molecular complexity index is 2670. The van der Waals surface area contributed by atoms with Crippen molar-refractivity contribution in [3.05, 3.63) is 94.2 Å². The van der Waals surface area contributed by atoms with Crippen molar-refractivity contribution in [1.82, 2.24) is 29.7 Å². The van der Waals surface area contributed by atoms with E-state index in [1.807, 2.05) is 61.0 Å². The van der Waals surface area contributed by atoms with Crippen molar-refractivity contribution in [3.8, 4) is 0 Å². The fraction of sp³-hybridized carbons (Fsp3) is 0.391. The van der Waals surface area contributed by atoms with Crippen molar-refractivity contribution in [2.24, 2.45) is 11.8 Å². The molecule has 328 valence electrons. The van der Waals surface area contributed by atoms with Gasteiger partial charge in [0.15, 0.2) is 0 Å². The number of anilines is 4. The standard InChI is InChI=1S/C23H25N5O2S.C15H16N2O3S.C8H11N3.Li/c1-13-2-6-19(15-5-7-20-18(8-15)26-12-31-20)28(11-13)23(30)22(29)27-16-9-17(14-3-4-14)21(24)25-10-16;1-9-2-4-12(17(7-9)14(18)15(19)20)10-3-5-13-11(6-10)16-8-21-13;9-6-3-7(5-1-2-5)8(10)11-4-6;/h5,7-10,12-14,19H,2-4,6,11H2,1H3,(H2,24,25)(H,27,29);3,5-6,8-9,12H,2,4,7H2,1H3,(H,19,20);3-5H,1-2,9H2,(H2,10,11);/q;;;+1/t13-,19+;9-,12+;;/m00../s1. The molecule has 4 fully saturated rings. The Hall–Kier alpha value is -5.60. The molecule has 6 aromatic rings. The van der Waals surface area contributed by atoms with Crippen LogP contribution in [-0.2, 0) is 19.2 Å². The Kier molecular flexibility index (Phi) is 14.5. The second kappa shape index (κ2) is 20.1. The molecular formula is C46H52LiN10O5S2+. The minimum atomic E-state index is -1.39. The van der Waals surface area contributed by atoms with Gasteiger partial charge in [0, 0.05) is 13.1 Å². The zero-order chi connectivity index (χ0) is 44.4. The SMILES string of the molecule is C[C@H]1CC[C@H](c2ccc3scnc3c2)N(C(=O)C(=O)Nc2cnc(N)c(C3CC3)c2)C1.C[C@H]1CC[C@H](c2ccc3scnc3c2)N(C(=O)C(=O)O)C1.Nc1cnc(N)c(C2CC2)c1.[Li+]. The Balaban J connectivity index is 0.000000159. The number of nitrogens with zero attached hydrogens (tertiary/aromatic N) is 6. The van der Waals surface area contributed by atoms with E-state index in [-0.39, 0.29) is 30.9 Å². The first-order valence-electron chi connectivity index (χ1n) is 21.4. The number of aliphatic carboxylic acids is 1. The first-order chi connectivity index (χ1) is 30.3. The van der Waals surface area contributed by atoms with Gasteiger partial charge < -0.3 is 37.4 Å². The summed E-state index contributed by atoms with van der Waals surface area (Å²) in [5.74, 6) is -0.506. The molecule has 8 N–H and O–H groups in total. The van der Waals surface area contributed by atoms with Crippen molar-refractivity contribution in [3.63, 3.8) is 0 Å². The quantitative estimate of drug-likeness (QED) is 0.115. The first kappa shape index (κ1) is 46.4. The molecule has 3 amide bonds. The molecule has 0 spiro atoms. The van der Waals surface area contributed by atoms with E-state index in [1.165, 1.54) is 23.9 Å².